The van der Waals surface area contributed by atoms with Crippen molar-refractivity contribution in [1.82, 2.24) is 14.8 Å². The lowest BCUT2D eigenvalue weighted by Crippen LogP contribution is -2.19. The Morgan fingerprint density at radius 3 is 2.39 bits per heavy atom. The van der Waals surface area contributed by atoms with Gasteiger partial charge in [-0.2, -0.15) is 5.10 Å². The van der Waals surface area contributed by atoms with Gasteiger partial charge in [0.2, 0.25) is 5.91 Å². The Hall–Kier alpha value is -4.68. The maximum atomic E-state index is 12.8. The fourth-order valence-electron chi connectivity index (χ4n) is 3.43. The molecule has 0 spiro atoms. The van der Waals surface area contributed by atoms with E-state index in [1.165, 1.54) is 7.11 Å². The summed E-state index contributed by atoms with van der Waals surface area (Å²) in [5.74, 6) is 6.66. The number of methoxy groups -OCH3 is 2. The van der Waals surface area contributed by atoms with Crippen molar-refractivity contribution < 1.29 is 19.1 Å². The lowest BCUT2D eigenvalue weighted by Gasteiger charge is -2.09. The number of esters is 1. The SMILES string of the molecule is COC(=O)c1cccc(C#Cc2cccc(NC(=O)Cn3c(-c4ccc(OC)cc4)n[nH]c3=S)c2)c1. The van der Waals surface area contributed by atoms with Gasteiger partial charge in [-0.3, -0.25) is 14.5 Å². The summed E-state index contributed by atoms with van der Waals surface area (Å²) in [5.41, 5.74) is 3.20. The number of nitrogens with zero attached hydrogens (tertiary/aromatic N) is 2. The maximum Gasteiger partial charge on any atom is 0.337 e. The number of benzene rings is 3. The number of anilines is 1. The molecule has 8 nitrogen and oxygen atoms in total. The van der Waals surface area contributed by atoms with E-state index in [-0.39, 0.29) is 12.5 Å². The normalized spacial score (nSPS) is 10.2. The van der Waals surface area contributed by atoms with E-state index in [1.807, 2.05) is 30.3 Å². The van der Waals surface area contributed by atoms with Gasteiger partial charge in [-0.1, -0.05) is 24.0 Å². The first kappa shape index (κ1) is 24.4. The summed E-state index contributed by atoms with van der Waals surface area (Å²) in [6.45, 7) is -0.0209. The Balaban J connectivity index is 1.47. The number of amides is 1. The van der Waals surface area contributed by atoms with Gasteiger partial charge in [0.25, 0.3) is 0 Å². The number of rotatable bonds is 6. The second kappa shape index (κ2) is 11.2. The van der Waals surface area contributed by atoms with Crippen LogP contribution in [0, 0.1) is 16.6 Å². The molecule has 180 valence electrons. The van der Waals surface area contributed by atoms with Gasteiger partial charge in [0.05, 0.1) is 19.8 Å². The van der Waals surface area contributed by atoms with Crippen LogP contribution in [0.15, 0.2) is 72.8 Å². The van der Waals surface area contributed by atoms with Crippen molar-refractivity contribution in [1.29, 1.82) is 0 Å². The van der Waals surface area contributed by atoms with Gasteiger partial charge in [-0.15, -0.1) is 0 Å². The molecule has 1 heterocycles. The van der Waals surface area contributed by atoms with E-state index < -0.39 is 5.97 Å². The molecule has 0 fully saturated rings. The Bertz CT molecular complexity index is 1530. The number of carbonyl (C=O) groups is 2. The van der Waals surface area contributed by atoms with Crippen LogP contribution in [0.3, 0.4) is 0 Å². The molecule has 0 aliphatic carbocycles. The molecular formula is C27H22N4O4S. The number of nitrogens with one attached hydrogen (secondary N) is 2. The lowest BCUT2D eigenvalue weighted by molar-refractivity contribution is -0.116. The van der Waals surface area contributed by atoms with E-state index in [0.29, 0.717) is 33.0 Å². The number of aromatic amines is 1. The minimum absolute atomic E-state index is 0.0209. The van der Waals surface area contributed by atoms with Gasteiger partial charge in [0.1, 0.15) is 12.3 Å². The second-order valence-electron chi connectivity index (χ2n) is 7.62. The molecule has 4 rings (SSSR count). The Morgan fingerprint density at radius 2 is 1.69 bits per heavy atom. The van der Waals surface area contributed by atoms with Crippen LogP contribution in [0.2, 0.25) is 0 Å². The average molecular weight is 499 g/mol. The van der Waals surface area contributed by atoms with E-state index in [4.69, 9.17) is 21.7 Å². The number of carbonyl (C=O) groups excluding carboxylic acids is 2. The third kappa shape index (κ3) is 5.87. The minimum atomic E-state index is -0.420. The van der Waals surface area contributed by atoms with Gasteiger partial charge in [-0.05, 0) is 72.9 Å². The van der Waals surface area contributed by atoms with Gasteiger partial charge in [-0.25, -0.2) is 4.79 Å². The third-order valence-electron chi connectivity index (χ3n) is 5.19. The zero-order valence-electron chi connectivity index (χ0n) is 19.6. The molecule has 4 aromatic rings. The highest BCUT2D eigenvalue weighted by atomic mass is 32.1. The molecule has 1 amide bonds. The first-order valence-corrected chi connectivity index (χ1v) is 11.3. The Morgan fingerprint density at radius 1 is 1.00 bits per heavy atom. The van der Waals surface area contributed by atoms with E-state index in [2.05, 4.69) is 27.4 Å². The van der Waals surface area contributed by atoms with E-state index in [9.17, 15) is 9.59 Å². The molecule has 0 aliphatic heterocycles. The number of aromatic nitrogens is 3. The standard InChI is InChI=1S/C27H22N4O4S/c1-34-23-13-11-20(12-14-23)25-29-30-27(36)31(25)17-24(32)28-22-8-4-6-19(16-22)10-9-18-5-3-7-21(15-18)26(33)35-2/h3-8,11-16H,17H2,1-2H3,(H,28,32)(H,30,36). The highest BCUT2D eigenvalue weighted by molar-refractivity contribution is 7.71. The molecule has 9 heteroatoms. The number of hydrogen-bond acceptors (Lipinski definition) is 6. The van der Waals surface area contributed by atoms with Crippen LogP contribution in [-0.2, 0) is 16.1 Å². The predicted octanol–water partition coefficient (Wildman–Crippen LogP) is 4.44. The van der Waals surface area contributed by atoms with Crippen LogP contribution in [0.1, 0.15) is 21.5 Å². The summed E-state index contributed by atoms with van der Waals surface area (Å²) >= 11 is 5.33. The minimum Gasteiger partial charge on any atom is -0.497 e. The van der Waals surface area contributed by atoms with Crippen molar-refractivity contribution in [3.05, 3.63) is 94.3 Å². The van der Waals surface area contributed by atoms with Crippen LogP contribution in [-0.4, -0.2) is 40.9 Å². The van der Waals surface area contributed by atoms with Crippen molar-refractivity contribution in [2.75, 3.05) is 19.5 Å². The van der Waals surface area contributed by atoms with Crippen molar-refractivity contribution in [3.8, 4) is 29.0 Å². The molecule has 36 heavy (non-hydrogen) atoms. The van der Waals surface area contributed by atoms with Gasteiger partial charge >= 0.3 is 5.97 Å². The Labute approximate surface area is 212 Å². The van der Waals surface area contributed by atoms with Crippen LogP contribution in [0.5, 0.6) is 5.75 Å². The van der Waals surface area contributed by atoms with E-state index in [0.717, 1.165) is 11.3 Å². The van der Waals surface area contributed by atoms with E-state index in [1.54, 1.807) is 54.1 Å². The van der Waals surface area contributed by atoms with Crippen molar-refractivity contribution in [2.45, 2.75) is 6.54 Å². The van der Waals surface area contributed by atoms with Crippen LogP contribution in [0.25, 0.3) is 11.4 Å². The fraction of sp³-hybridized carbons (Fsp3) is 0.111. The topological polar surface area (TPSA) is 98.2 Å². The molecule has 1 aromatic heterocycles. The average Bonchev–Trinajstić information content (AvgIpc) is 3.27. The summed E-state index contributed by atoms with van der Waals surface area (Å²) in [5, 5.41) is 9.89. The zero-order valence-corrected chi connectivity index (χ0v) is 20.4. The second-order valence-corrected chi connectivity index (χ2v) is 8.01. The fourth-order valence-corrected chi connectivity index (χ4v) is 3.63. The summed E-state index contributed by atoms with van der Waals surface area (Å²) in [6.07, 6.45) is 0. The zero-order chi connectivity index (χ0) is 25.5. The summed E-state index contributed by atoms with van der Waals surface area (Å²) < 4.78 is 11.9. The molecule has 0 bridgehead atoms. The lowest BCUT2D eigenvalue weighted by atomic mass is 10.1. The smallest absolute Gasteiger partial charge is 0.337 e. The third-order valence-corrected chi connectivity index (χ3v) is 5.50. The molecule has 0 saturated carbocycles. The van der Waals surface area contributed by atoms with Gasteiger partial charge in [0.15, 0.2) is 10.6 Å². The quantitative estimate of drug-likeness (QED) is 0.232. The molecule has 2 N–H and O–H groups in total. The van der Waals surface area contributed by atoms with Crippen molar-refractivity contribution >= 4 is 29.8 Å². The van der Waals surface area contributed by atoms with E-state index >= 15 is 0 Å². The highest BCUT2D eigenvalue weighted by Gasteiger charge is 2.13. The highest BCUT2D eigenvalue weighted by Crippen LogP contribution is 2.21. The summed E-state index contributed by atoms with van der Waals surface area (Å²) in [4.78, 5) is 24.5. The molecule has 0 aliphatic rings. The maximum absolute atomic E-state index is 12.8. The first-order chi connectivity index (χ1) is 17.5. The molecule has 0 saturated heterocycles. The van der Waals surface area contributed by atoms with Crippen LogP contribution < -0.4 is 10.1 Å². The molecular weight excluding hydrogens is 476 g/mol. The summed E-state index contributed by atoms with van der Waals surface area (Å²) in [6, 6.07) is 21.4. The van der Waals surface area contributed by atoms with Gasteiger partial charge < -0.3 is 14.8 Å². The molecule has 3 aromatic carbocycles. The van der Waals surface area contributed by atoms with Crippen LogP contribution in [0.4, 0.5) is 5.69 Å². The molecule has 0 unspecified atom stereocenters. The largest absolute Gasteiger partial charge is 0.497 e. The first-order valence-electron chi connectivity index (χ1n) is 10.9. The number of ether oxygens (including phenoxy) is 2. The summed E-state index contributed by atoms with van der Waals surface area (Å²) in [7, 11) is 2.93. The monoisotopic (exact) mass is 498 g/mol. The number of hydrogen-bond donors (Lipinski definition) is 2. The van der Waals surface area contributed by atoms with Gasteiger partial charge in [0, 0.05) is 22.4 Å². The molecule has 0 radical (unpaired) electrons. The number of H-pyrrole nitrogens is 1. The molecule has 0 atom stereocenters. The Kier molecular flexibility index (Phi) is 7.58. The van der Waals surface area contributed by atoms with Crippen molar-refractivity contribution in [2.24, 2.45) is 0 Å². The predicted molar refractivity (Wildman–Crippen MR) is 138 cm³/mol. The van der Waals surface area contributed by atoms with Crippen molar-refractivity contribution in [3.63, 3.8) is 0 Å². The van der Waals surface area contributed by atoms with Crippen LogP contribution >= 0.6 is 12.2 Å².